The fourth-order valence-electron chi connectivity index (χ4n) is 1.30. The molecular weight excluding hydrogens is 160 g/mol. The molecule has 11 heavy (non-hydrogen) atoms. The number of hydrogen-bond donors (Lipinski definition) is 1. The highest BCUT2D eigenvalue weighted by molar-refractivity contribution is 5.85. The number of hydrogen-bond acceptors (Lipinski definition) is 2. The summed E-state index contributed by atoms with van der Waals surface area (Å²) in [4.78, 5) is 4.21. The van der Waals surface area contributed by atoms with Crippen LogP contribution in [0.1, 0.15) is 16.8 Å². The molecule has 1 aromatic rings. The van der Waals surface area contributed by atoms with Crippen LogP contribution in [0.2, 0.25) is 0 Å². The summed E-state index contributed by atoms with van der Waals surface area (Å²) in [7, 11) is 0. The maximum atomic E-state index is 4.21. The fourth-order valence-corrected chi connectivity index (χ4v) is 1.30. The summed E-state index contributed by atoms with van der Waals surface area (Å²) in [5, 5.41) is 3.27. The largest absolute Gasteiger partial charge is 0.309 e. The summed E-state index contributed by atoms with van der Waals surface area (Å²) in [6.45, 7) is 4.03. The summed E-state index contributed by atoms with van der Waals surface area (Å²) in [5.74, 6) is 0. The second-order valence-corrected chi connectivity index (χ2v) is 2.70. The van der Waals surface area contributed by atoms with Crippen molar-refractivity contribution in [3.63, 3.8) is 0 Å². The molecule has 1 aromatic heterocycles. The molecule has 0 aromatic carbocycles. The summed E-state index contributed by atoms with van der Waals surface area (Å²) in [5.41, 5.74) is 3.88. The Kier molecular flexibility index (Phi) is 2.47. The Morgan fingerprint density at radius 2 is 2.09 bits per heavy atom. The molecule has 0 atom stereocenters. The molecule has 0 radical (unpaired) electrons. The topological polar surface area (TPSA) is 24.9 Å². The number of nitrogens with one attached hydrogen (secondary N) is 1. The van der Waals surface area contributed by atoms with E-state index in [9.17, 15) is 0 Å². The van der Waals surface area contributed by atoms with Gasteiger partial charge >= 0.3 is 0 Å². The van der Waals surface area contributed by atoms with Crippen molar-refractivity contribution in [2.24, 2.45) is 0 Å². The first-order chi connectivity index (χ1) is 4.86. The van der Waals surface area contributed by atoms with Crippen LogP contribution in [0.15, 0.2) is 12.3 Å². The predicted octanol–water partition coefficient (Wildman–Crippen LogP) is 1.42. The van der Waals surface area contributed by atoms with Crippen molar-refractivity contribution in [1.82, 2.24) is 10.3 Å². The first-order valence-electron chi connectivity index (χ1n) is 3.51. The van der Waals surface area contributed by atoms with Gasteiger partial charge in [0.05, 0.1) is 0 Å². The minimum Gasteiger partial charge on any atom is -0.309 e. The van der Waals surface area contributed by atoms with Crippen LogP contribution in [-0.4, -0.2) is 4.98 Å². The van der Waals surface area contributed by atoms with E-state index in [0.717, 1.165) is 18.8 Å². The lowest BCUT2D eigenvalue weighted by molar-refractivity contribution is 0.764. The van der Waals surface area contributed by atoms with E-state index in [1.165, 1.54) is 11.1 Å². The second-order valence-electron chi connectivity index (χ2n) is 2.70. The van der Waals surface area contributed by atoms with Gasteiger partial charge in [-0.05, 0) is 24.1 Å². The molecule has 1 aliphatic heterocycles. The van der Waals surface area contributed by atoms with Crippen LogP contribution in [0, 0.1) is 6.92 Å². The normalized spacial score (nSPS) is 13.9. The molecule has 2 nitrogen and oxygen atoms in total. The van der Waals surface area contributed by atoms with E-state index in [1.54, 1.807) is 0 Å². The monoisotopic (exact) mass is 170 g/mol. The smallest absolute Gasteiger partial charge is 0.0376 e. The fraction of sp³-hybridized carbons (Fsp3) is 0.375. The SMILES string of the molecule is Cc1cc2c(cn1)CNC2.Cl. The molecule has 2 rings (SSSR count). The maximum Gasteiger partial charge on any atom is 0.0376 e. The Balaban J connectivity index is 0.000000605. The van der Waals surface area contributed by atoms with Crippen molar-refractivity contribution in [3.8, 4) is 0 Å². The molecule has 2 heterocycles. The lowest BCUT2D eigenvalue weighted by Crippen LogP contribution is -1.99. The van der Waals surface area contributed by atoms with E-state index in [0.29, 0.717) is 0 Å². The number of fused-ring (bicyclic) bond motifs is 1. The molecule has 0 saturated heterocycles. The number of aryl methyl sites for hydroxylation is 1. The van der Waals surface area contributed by atoms with Gasteiger partial charge in [-0.25, -0.2) is 0 Å². The van der Waals surface area contributed by atoms with Crippen molar-refractivity contribution in [2.75, 3.05) is 0 Å². The lowest BCUT2D eigenvalue weighted by atomic mass is 10.2. The molecular formula is C8H11ClN2. The minimum atomic E-state index is 0. The summed E-state index contributed by atoms with van der Waals surface area (Å²) in [6, 6.07) is 2.15. The Hall–Kier alpha value is -0.600. The Morgan fingerprint density at radius 3 is 2.91 bits per heavy atom. The van der Waals surface area contributed by atoms with Gasteiger partial charge in [-0.2, -0.15) is 0 Å². The van der Waals surface area contributed by atoms with E-state index in [2.05, 4.69) is 16.4 Å². The van der Waals surface area contributed by atoms with Gasteiger partial charge in [0.25, 0.3) is 0 Å². The van der Waals surface area contributed by atoms with Crippen LogP contribution in [0.5, 0.6) is 0 Å². The number of aromatic nitrogens is 1. The zero-order valence-corrected chi connectivity index (χ0v) is 7.24. The van der Waals surface area contributed by atoms with Gasteiger partial charge in [0.15, 0.2) is 0 Å². The summed E-state index contributed by atoms with van der Waals surface area (Å²) >= 11 is 0. The highest BCUT2D eigenvalue weighted by Crippen LogP contribution is 2.13. The summed E-state index contributed by atoms with van der Waals surface area (Å²) < 4.78 is 0. The Morgan fingerprint density at radius 1 is 1.36 bits per heavy atom. The van der Waals surface area contributed by atoms with Crippen LogP contribution in [0.3, 0.4) is 0 Å². The van der Waals surface area contributed by atoms with Gasteiger partial charge in [0.2, 0.25) is 0 Å². The van der Waals surface area contributed by atoms with Crippen LogP contribution >= 0.6 is 12.4 Å². The molecule has 0 aliphatic carbocycles. The highest BCUT2D eigenvalue weighted by atomic mass is 35.5. The van der Waals surface area contributed by atoms with Gasteiger partial charge in [-0.3, -0.25) is 4.98 Å². The van der Waals surface area contributed by atoms with Crippen LogP contribution < -0.4 is 5.32 Å². The minimum absolute atomic E-state index is 0. The van der Waals surface area contributed by atoms with Crippen LogP contribution in [0.25, 0.3) is 0 Å². The van der Waals surface area contributed by atoms with Gasteiger partial charge in [-0.1, -0.05) is 0 Å². The standard InChI is InChI=1S/C8H10N2.ClH/c1-6-2-7-3-9-4-8(7)5-10-6;/h2,5,9H,3-4H2,1H3;1H. The Bertz CT molecular complexity index is 260. The zero-order chi connectivity index (χ0) is 6.97. The molecule has 0 spiro atoms. The Labute approximate surface area is 72.4 Å². The van der Waals surface area contributed by atoms with E-state index in [1.807, 2.05) is 13.1 Å². The van der Waals surface area contributed by atoms with E-state index in [-0.39, 0.29) is 12.4 Å². The van der Waals surface area contributed by atoms with Crippen molar-refractivity contribution in [1.29, 1.82) is 0 Å². The number of nitrogens with zero attached hydrogens (tertiary/aromatic N) is 1. The average molecular weight is 171 g/mol. The molecule has 1 N–H and O–H groups in total. The molecule has 0 unspecified atom stereocenters. The molecule has 60 valence electrons. The molecule has 3 heteroatoms. The maximum absolute atomic E-state index is 4.21. The quantitative estimate of drug-likeness (QED) is 0.637. The predicted molar refractivity (Wildman–Crippen MR) is 46.8 cm³/mol. The van der Waals surface area contributed by atoms with Crippen molar-refractivity contribution in [3.05, 3.63) is 29.1 Å². The molecule has 0 saturated carbocycles. The summed E-state index contributed by atoms with van der Waals surface area (Å²) in [6.07, 6.45) is 1.96. The van der Waals surface area contributed by atoms with Crippen molar-refractivity contribution >= 4 is 12.4 Å². The van der Waals surface area contributed by atoms with Crippen LogP contribution in [-0.2, 0) is 13.1 Å². The van der Waals surface area contributed by atoms with Gasteiger partial charge in [0, 0.05) is 25.0 Å². The molecule has 0 amide bonds. The first-order valence-corrected chi connectivity index (χ1v) is 3.51. The van der Waals surface area contributed by atoms with Gasteiger partial charge in [-0.15, -0.1) is 12.4 Å². The third-order valence-electron chi connectivity index (χ3n) is 1.85. The van der Waals surface area contributed by atoms with E-state index < -0.39 is 0 Å². The van der Waals surface area contributed by atoms with Gasteiger partial charge in [0.1, 0.15) is 0 Å². The second kappa shape index (κ2) is 3.20. The van der Waals surface area contributed by atoms with E-state index >= 15 is 0 Å². The average Bonchev–Trinajstić information content (AvgIpc) is 2.33. The van der Waals surface area contributed by atoms with Gasteiger partial charge < -0.3 is 5.32 Å². The van der Waals surface area contributed by atoms with Crippen molar-refractivity contribution < 1.29 is 0 Å². The third-order valence-corrected chi connectivity index (χ3v) is 1.85. The molecule has 1 aliphatic rings. The van der Waals surface area contributed by atoms with Crippen molar-refractivity contribution in [2.45, 2.75) is 20.0 Å². The van der Waals surface area contributed by atoms with E-state index in [4.69, 9.17) is 0 Å². The highest BCUT2D eigenvalue weighted by Gasteiger charge is 2.08. The molecule has 0 bridgehead atoms. The third kappa shape index (κ3) is 1.52. The lowest BCUT2D eigenvalue weighted by Gasteiger charge is -1.96. The number of pyridine rings is 1. The zero-order valence-electron chi connectivity index (χ0n) is 6.42. The molecule has 0 fully saturated rings. The number of halogens is 1. The number of rotatable bonds is 0. The van der Waals surface area contributed by atoms with Crippen LogP contribution in [0.4, 0.5) is 0 Å². The first kappa shape index (κ1) is 8.50.